The Balaban J connectivity index is 2.38. The molecule has 44 valence electrons. The molecule has 0 spiro atoms. The molecule has 0 aromatic rings. The summed E-state index contributed by atoms with van der Waals surface area (Å²) in [6.07, 6.45) is 3.70. The number of rotatable bonds is 1. The van der Waals surface area contributed by atoms with Gasteiger partial charge in [-0.3, -0.25) is 10.3 Å². The Kier molecular flexibility index (Phi) is 1.51. The summed E-state index contributed by atoms with van der Waals surface area (Å²) >= 11 is 0. The second-order valence-corrected chi connectivity index (χ2v) is 2.07. The third-order valence-corrected chi connectivity index (χ3v) is 1.46. The van der Waals surface area contributed by atoms with Gasteiger partial charge in [-0.15, -0.1) is 0 Å². The van der Waals surface area contributed by atoms with E-state index in [1.807, 2.05) is 0 Å². The van der Waals surface area contributed by atoms with Crippen LogP contribution in [0.1, 0.15) is 20.3 Å². The predicted octanol–water partition coefficient (Wildman–Crippen LogP) is 0.677. The number of hydrogen-bond donors (Lipinski definition) is 0. The highest BCUT2D eigenvalue weighted by Gasteiger charge is 2.18. The van der Waals surface area contributed by atoms with E-state index in [-0.39, 0.29) is 0 Å². The van der Waals surface area contributed by atoms with Crippen molar-refractivity contribution in [2.24, 2.45) is 4.99 Å². The highest BCUT2D eigenvalue weighted by Crippen LogP contribution is 2.06. The Morgan fingerprint density at radius 2 is 2.38 bits per heavy atom. The highest BCUT2D eigenvalue weighted by molar-refractivity contribution is 5.57. The van der Waals surface area contributed by atoms with E-state index in [2.05, 4.69) is 30.5 Å². The third kappa shape index (κ3) is 0.831. The van der Waals surface area contributed by atoms with E-state index in [0.717, 1.165) is 6.42 Å². The topological polar surface area (TPSA) is 26.5 Å². The molecule has 0 aromatic heterocycles. The molecule has 2 heteroatoms. The maximum absolute atomic E-state index is 4.02. The van der Waals surface area contributed by atoms with Crippen molar-refractivity contribution in [3.8, 4) is 0 Å². The Morgan fingerprint density at radius 3 is 2.62 bits per heavy atom. The molecule has 2 radical (unpaired) electrons. The lowest BCUT2D eigenvalue weighted by atomic mass is 10.1. The van der Waals surface area contributed by atoms with Crippen molar-refractivity contribution >= 4 is 6.34 Å². The molecule has 1 aliphatic heterocycles. The Labute approximate surface area is 50.0 Å². The van der Waals surface area contributed by atoms with Crippen LogP contribution in [-0.4, -0.2) is 18.4 Å². The van der Waals surface area contributed by atoms with Crippen molar-refractivity contribution in [1.82, 2.24) is 5.32 Å². The first kappa shape index (κ1) is 5.60. The first-order valence-corrected chi connectivity index (χ1v) is 2.99. The Bertz CT molecular complexity index is 98.7. The van der Waals surface area contributed by atoms with Gasteiger partial charge in [0.1, 0.15) is 0 Å². The van der Waals surface area contributed by atoms with Gasteiger partial charge in [0.05, 0.1) is 12.1 Å². The fraction of sp³-hybridized carbons (Fsp3) is 0.833. The second kappa shape index (κ2) is 2.16. The molecule has 1 heterocycles. The van der Waals surface area contributed by atoms with Gasteiger partial charge in [-0.25, -0.2) is 0 Å². The zero-order valence-corrected chi connectivity index (χ0v) is 5.26. The van der Waals surface area contributed by atoms with Crippen LogP contribution in [-0.2, 0) is 0 Å². The monoisotopic (exact) mass is 110 g/mol. The molecule has 0 saturated carbocycles. The lowest BCUT2D eigenvalue weighted by molar-refractivity contribution is 0.535. The molecule has 0 amide bonds. The summed E-state index contributed by atoms with van der Waals surface area (Å²) in [7, 11) is 0. The van der Waals surface area contributed by atoms with E-state index in [9.17, 15) is 0 Å². The molecule has 8 heavy (non-hydrogen) atoms. The number of aliphatic imine (C=N–C) groups is 1. The van der Waals surface area contributed by atoms with Gasteiger partial charge in [0.15, 0.2) is 6.34 Å². The summed E-state index contributed by atoms with van der Waals surface area (Å²) < 4.78 is 0. The maximum Gasteiger partial charge on any atom is 0.188 e. The van der Waals surface area contributed by atoms with Crippen molar-refractivity contribution in [2.75, 3.05) is 0 Å². The lowest BCUT2D eigenvalue weighted by Gasteiger charge is -2.07. The van der Waals surface area contributed by atoms with Crippen LogP contribution in [0.4, 0.5) is 0 Å². The van der Waals surface area contributed by atoms with Crippen LogP contribution in [0.25, 0.3) is 0 Å². The van der Waals surface area contributed by atoms with Crippen molar-refractivity contribution in [3.63, 3.8) is 0 Å². The van der Waals surface area contributed by atoms with Crippen LogP contribution < -0.4 is 5.32 Å². The molecular formula is C6H10N2. The summed E-state index contributed by atoms with van der Waals surface area (Å²) in [6, 6.07) is 0.787. The molecule has 0 fully saturated rings. The second-order valence-electron chi connectivity index (χ2n) is 2.07. The molecule has 0 aliphatic carbocycles. The summed E-state index contributed by atoms with van der Waals surface area (Å²) in [5.74, 6) is 0. The van der Waals surface area contributed by atoms with Crippen LogP contribution in [0.2, 0.25) is 0 Å². The number of hydrogen-bond acceptors (Lipinski definition) is 1. The Morgan fingerprint density at radius 1 is 1.62 bits per heavy atom. The molecule has 0 aromatic carbocycles. The van der Waals surface area contributed by atoms with E-state index in [0.29, 0.717) is 12.1 Å². The van der Waals surface area contributed by atoms with Gasteiger partial charge >= 0.3 is 0 Å². The molecule has 1 rings (SSSR count). The summed E-state index contributed by atoms with van der Waals surface area (Å²) in [5.41, 5.74) is 0. The molecule has 2 atom stereocenters. The fourth-order valence-electron chi connectivity index (χ4n) is 0.825. The van der Waals surface area contributed by atoms with Gasteiger partial charge in [-0.05, 0) is 13.3 Å². The molecule has 2 nitrogen and oxygen atoms in total. The van der Waals surface area contributed by atoms with E-state index in [4.69, 9.17) is 0 Å². The number of nitrogens with zero attached hydrogens (tertiary/aromatic N) is 2. The first-order valence-electron chi connectivity index (χ1n) is 2.99. The summed E-state index contributed by atoms with van der Waals surface area (Å²) in [6.45, 7) is 4.19. The van der Waals surface area contributed by atoms with E-state index in [1.165, 1.54) is 0 Å². The van der Waals surface area contributed by atoms with E-state index in [1.54, 1.807) is 0 Å². The van der Waals surface area contributed by atoms with Crippen LogP contribution in [0.3, 0.4) is 0 Å². The molecule has 0 N–H and O–H groups in total. The fourth-order valence-corrected chi connectivity index (χ4v) is 0.825. The molecule has 0 saturated heterocycles. The van der Waals surface area contributed by atoms with Crippen molar-refractivity contribution in [2.45, 2.75) is 32.4 Å². The van der Waals surface area contributed by atoms with Crippen molar-refractivity contribution in [1.29, 1.82) is 0 Å². The molecule has 1 aliphatic rings. The van der Waals surface area contributed by atoms with Gasteiger partial charge in [-0.2, -0.15) is 0 Å². The minimum absolute atomic E-state index is 0.375. The Hall–Kier alpha value is -0.530. The molecule has 2 unspecified atom stereocenters. The smallest absolute Gasteiger partial charge is 0.188 e. The minimum Gasteiger partial charge on any atom is -0.258 e. The van der Waals surface area contributed by atoms with Crippen molar-refractivity contribution < 1.29 is 0 Å². The van der Waals surface area contributed by atoms with Crippen LogP contribution in [0.15, 0.2) is 4.99 Å². The van der Waals surface area contributed by atoms with Gasteiger partial charge in [0, 0.05) is 0 Å². The maximum atomic E-state index is 4.02. The van der Waals surface area contributed by atoms with Crippen molar-refractivity contribution in [3.05, 3.63) is 0 Å². The first-order chi connectivity index (χ1) is 3.84. The predicted molar refractivity (Wildman–Crippen MR) is 33.1 cm³/mol. The minimum atomic E-state index is 0.375. The third-order valence-electron chi connectivity index (χ3n) is 1.46. The van der Waals surface area contributed by atoms with Gasteiger partial charge < -0.3 is 0 Å². The summed E-state index contributed by atoms with van der Waals surface area (Å²) in [4.78, 5) is 3.97. The van der Waals surface area contributed by atoms with Crippen LogP contribution in [0.5, 0.6) is 0 Å². The van der Waals surface area contributed by atoms with Crippen LogP contribution >= 0.6 is 0 Å². The average Bonchev–Trinajstić information content (AvgIpc) is 2.14. The normalized spacial score (nSPS) is 35.2. The zero-order valence-electron chi connectivity index (χ0n) is 5.26. The SMILES string of the molecule is CCC1[N][C]=NC1C. The quantitative estimate of drug-likeness (QED) is 0.474. The highest BCUT2D eigenvalue weighted by atomic mass is 15.1. The zero-order chi connectivity index (χ0) is 5.98. The van der Waals surface area contributed by atoms with E-state index >= 15 is 0 Å². The van der Waals surface area contributed by atoms with Gasteiger partial charge in [0.25, 0.3) is 0 Å². The largest absolute Gasteiger partial charge is 0.258 e. The lowest BCUT2D eigenvalue weighted by Crippen LogP contribution is -2.23. The van der Waals surface area contributed by atoms with Crippen LogP contribution in [0, 0.1) is 0 Å². The van der Waals surface area contributed by atoms with Gasteiger partial charge in [0.2, 0.25) is 0 Å². The molecule has 0 bridgehead atoms. The van der Waals surface area contributed by atoms with E-state index < -0.39 is 0 Å². The summed E-state index contributed by atoms with van der Waals surface area (Å²) in [5, 5.41) is 4.02. The standard InChI is InChI=1S/C6H10N2/c1-3-6-5(2)7-4-8-6/h5-6H,3H2,1-2H3. The average molecular weight is 110 g/mol. The molecular weight excluding hydrogens is 100 g/mol. The van der Waals surface area contributed by atoms with Gasteiger partial charge in [-0.1, -0.05) is 6.92 Å².